The predicted octanol–water partition coefficient (Wildman–Crippen LogP) is 5.14. The molecular formula is C21H14N2O5. The van der Waals surface area contributed by atoms with Crippen molar-refractivity contribution >= 4 is 12.1 Å². The zero-order chi connectivity index (χ0) is 19.5. The molecule has 0 bridgehead atoms. The number of hydrogen-bond acceptors (Lipinski definition) is 7. The molecule has 0 atom stereocenters. The molecule has 138 valence electrons. The second-order valence-electron chi connectivity index (χ2n) is 5.74. The van der Waals surface area contributed by atoms with Gasteiger partial charge >= 0.3 is 0 Å². The van der Waals surface area contributed by atoms with Gasteiger partial charge in [0.2, 0.25) is 5.88 Å². The fourth-order valence-electron chi connectivity index (χ4n) is 2.76. The summed E-state index contributed by atoms with van der Waals surface area (Å²) in [6, 6.07) is 13.8. The maximum absolute atomic E-state index is 9.72. The van der Waals surface area contributed by atoms with Gasteiger partial charge in [0.15, 0.2) is 23.0 Å². The number of aliphatic imine (C=N–C) groups is 1. The van der Waals surface area contributed by atoms with Crippen LogP contribution < -0.4 is 4.74 Å². The van der Waals surface area contributed by atoms with Crippen LogP contribution in [0.25, 0.3) is 22.8 Å². The predicted molar refractivity (Wildman–Crippen MR) is 101 cm³/mol. The number of phenolic OH excluding ortho intramolecular Hbond substituents is 1. The Morgan fingerprint density at radius 3 is 2.50 bits per heavy atom. The number of ether oxygens (including phenoxy) is 1. The summed E-state index contributed by atoms with van der Waals surface area (Å²) in [5.41, 5.74) is 1.36. The smallest absolute Gasteiger partial charge is 0.238 e. The van der Waals surface area contributed by atoms with Crippen molar-refractivity contribution in [2.24, 2.45) is 4.99 Å². The van der Waals surface area contributed by atoms with Crippen LogP contribution in [-0.2, 0) is 0 Å². The van der Waals surface area contributed by atoms with E-state index in [1.54, 1.807) is 36.4 Å². The van der Waals surface area contributed by atoms with Crippen molar-refractivity contribution in [2.45, 2.75) is 0 Å². The summed E-state index contributed by atoms with van der Waals surface area (Å²) in [5.74, 6) is 1.74. The highest BCUT2D eigenvalue weighted by atomic mass is 16.5. The summed E-state index contributed by atoms with van der Waals surface area (Å²) in [5, 5.41) is 19.4. The van der Waals surface area contributed by atoms with Gasteiger partial charge in [-0.2, -0.15) is 5.26 Å². The van der Waals surface area contributed by atoms with Crippen LogP contribution in [0.5, 0.6) is 11.5 Å². The number of nitriles is 1. The third-order valence-electron chi connectivity index (χ3n) is 4.05. The number of nitrogens with zero attached hydrogens (tertiary/aromatic N) is 2. The standard InChI is InChI=1S/C21H14N2O5/c1-25-18-10-13(6-7-15(18)24)12-23-21-14(11-22)19(16-4-2-8-26-16)20(28-21)17-5-3-9-27-17/h2-10,12,24H,1H3. The minimum atomic E-state index is 0.0237. The fourth-order valence-corrected chi connectivity index (χ4v) is 2.76. The number of aromatic hydroxyl groups is 1. The van der Waals surface area contributed by atoms with Crippen molar-refractivity contribution in [3.8, 4) is 40.4 Å². The average molecular weight is 374 g/mol. The van der Waals surface area contributed by atoms with E-state index in [0.29, 0.717) is 34.2 Å². The molecule has 7 nitrogen and oxygen atoms in total. The second-order valence-corrected chi connectivity index (χ2v) is 5.74. The SMILES string of the molecule is COc1cc(C=Nc2oc(-c3ccco3)c(-c3ccco3)c2C#N)ccc1O. The van der Waals surface area contributed by atoms with Gasteiger partial charge in [0.25, 0.3) is 0 Å². The molecule has 0 spiro atoms. The van der Waals surface area contributed by atoms with E-state index in [9.17, 15) is 10.4 Å². The molecule has 7 heteroatoms. The largest absolute Gasteiger partial charge is 0.504 e. The Kier molecular flexibility index (Phi) is 4.44. The van der Waals surface area contributed by atoms with Crippen molar-refractivity contribution in [3.05, 3.63) is 66.1 Å². The van der Waals surface area contributed by atoms with E-state index in [2.05, 4.69) is 11.1 Å². The summed E-state index contributed by atoms with van der Waals surface area (Å²) < 4.78 is 21.9. The van der Waals surface area contributed by atoms with Gasteiger partial charge in [-0.15, -0.1) is 0 Å². The molecule has 1 N–H and O–H groups in total. The zero-order valence-electron chi connectivity index (χ0n) is 14.7. The van der Waals surface area contributed by atoms with Gasteiger partial charge in [0.05, 0.1) is 25.2 Å². The number of benzene rings is 1. The highest BCUT2D eigenvalue weighted by molar-refractivity contribution is 5.87. The van der Waals surface area contributed by atoms with Crippen LogP contribution in [0.4, 0.5) is 5.88 Å². The average Bonchev–Trinajstić information content (AvgIpc) is 3.46. The van der Waals surface area contributed by atoms with Gasteiger partial charge in [-0.25, -0.2) is 4.99 Å². The highest BCUT2D eigenvalue weighted by Gasteiger charge is 2.25. The molecule has 0 aliphatic carbocycles. The molecule has 0 saturated heterocycles. The van der Waals surface area contributed by atoms with Crippen LogP contribution in [0.15, 0.2) is 73.2 Å². The molecule has 0 amide bonds. The van der Waals surface area contributed by atoms with E-state index in [1.165, 1.54) is 31.9 Å². The number of hydrogen-bond donors (Lipinski definition) is 1. The topological polar surface area (TPSA) is 105 Å². The molecule has 0 aliphatic rings. The van der Waals surface area contributed by atoms with Crippen molar-refractivity contribution in [3.63, 3.8) is 0 Å². The summed E-state index contributed by atoms with van der Waals surface area (Å²) >= 11 is 0. The molecule has 28 heavy (non-hydrogen) atoms. The van der Waals surface area contributed by atoms with Crippen LogP contribution in [0.1, 0.15) is 11.1 Å². The van der Waals surface area contributed by atoms with E-state index in [1.807, 2.05) is 0 Å². The van der Waals surface area contributed by atoms with Crippen LogP contribution in [-0.4, -0.2) is 18.4 Å². The minimum Gasteiger partial charge on any atom is -0.504 e. The lowest BCUT2D eigenvalue weighted by Gasteiger charge is -2.03. The van der Waals surface area contributed by atoms with E-state index in [0.717, 1.165) is 0 Å². The van der Waals surface area contributed by atoms with Crippen molar-refractivity contribution < 1.29 is 23.1 Å². The van der Waals surface area contributed by atoms with Gasteiger partial charge in [-0.05, 0) is 48.0 Å². The van der Waals surface area contributed by atoms with Gasteiger partial charge < -0.3 is 23.1 Å². The Morgan fingerprint density at radius 2 is 1.86 bits per heavy atom. The first-order chi connectivity index (χ1) is 13.7. The lowest BCUT2D eigenvalue weighted by atomic mass is 10.1. The lowest BCUT2D eigenvalue weighted by Crippen LogP contribution is -1.87. The molecule has 0 aliphatic heterocycles. The van der Waals surface area contributed by atoms with Gasteiger partial charge in [0.1, 0.15) is 17.4 Å². The maximum Gasteiger partial charge on any atom is 0.238 e. The van der Waals surface area contributed by atoms with Crippen molar-refractivity contribution in [1.29, 1.82) is 5.26 Å². The van der Waals surface area contributed by atoms with Gasteiger partial charge in [0, 0.05) is 6.21 Å². The number of furan rings is 3. The lowest BCUT2D eigenvalue weighted by molar-refractivity contribution is 0.373. The van der Waals surface area contributed by atoms with Gasteiger partial charge in [-0.1, -0.05) is 0 Å². The van der Waals surface area contributed by atoms with Crippen LogP contribution in [0, 0.1) is 11.3 Å². The minimum absolute atomic E-state index is 0.0237. The Morgan fingerprint density at radius 1 is 1.11 bits per heavy atom. The zero-order valence-corrected chi connectivity index (χ0v) is 14.7. The van der Waals surface area contributed by atoms with Gasteiger partial charge in [-0.3, -0.25) is 0 Å². The van der Waals surface area contributed by atoms with E-state index in [4.69, 9.17) is 18.0 Å². The first-order valence-corrected chi connectivity index (χ1v) is 8.27. The fraction of sp³-hybridized carbons (Fsp3) is 0.0476. The second kappa shape index (κ2) is 7.21. The van der Waals surface area contributed by atoms with Crippen molar-refractivity contribution in [1.82, 2.24) is 0 Å². The molecule has 0 saturated carbocycles. The molecule has 3 heterocycles. The molecule has 1 aromatic carbocycles. The molecule has 4 rings (SSSR count). The Bertz CT molecular complexity index is 1160. The molecule has 0 radical (unpaired) electrons. The maximum atomic E-state index is 9.72. The summed E-state index contributed by atoms with van der Waals surface area (Å²) in [6.45, 7) is 0. The molecule has 0 fully saturated rings. The number of rotatable bonds is 5. The summed E-state index contributed by atoms with van der Waals surface area (Å²) in [7, 11) is 1.46. The number of methoxy groups -OCH3 is 1. The monoisotopic (exact) mass is 374 g/mol. The number of phenols is 1. The Labute approximate surface area is 159 Å². The van der Waals surface area contributed by atoms with E-state index in [-0.39, 0.29) is 17.2 Å². The Balaban J connectivity index is 1.82. The summed E-state index contributed by atoms with van der Waals surface area (Å²) in [6.07, 6.45) is 4.54. The normalized spacial score (nSPS) is 11.0. The first-order valence-electron chi connectivity index (χ1n) is 8.27. The van der Waals surface area contributed by atoms with Crippen LogP contribution in [0.3, 0.4) is 0 Å². The van der Waals surface area contributed by atoms with E-state index >= 15 is 0 Å². The third-order valence-corrected chi connectivity index (χ3v) is 4.05. The van der Waals surface area contributed by atoms with Crippen LogP contribution >= 0.6 is 0 Å². The van der Waals surface area contributed by atoms with Crippen molar-refractivity contribution in [2.75, 3.05) is 7.11 Å². The quantitative estimate of drug-likeness (QED) is 0.485. The van der Waals surface area contributed by atoms with E-state index < -0.39 is 0 Å². The Hall–Kier alpha value is -4.18. The van der Waals surface area contributed by atoms with Crippen LogP contribution in [0.2, 0.25) is 0 Å². The molecule has 3 aromatic heterocycles. The molecule has 4 aromatic rings. The first kappa shape index (κ1) is 17.2. The highest BCUT2D eigenvalue weighted by Crippen LogP contribution is 2.42. The molecule has 0 unspecified atom stereocenters. The molecular weight excluding hydrogens is 360 g/mol. The summed E-state index contributed by atoms with van der Waals surface area (Å²) in [4.78, 5) is 4.32. The third kappa shape index (κ3) is 3.04.